The lowest BCUT2D eigenvalue weighted by atomic mass is 10.2. The number of ether oxygens (including phenoxy) is 4. The molecule has 0 bridgehead atoms. The highest BCUT2D eigenvalue weighted by atomic mass is 19.1. The van der Waals surface area contributed by atoms with Gasteiger partial charge in [-0.3, -0.25) is 0 Å². The predicted molar refractivity (Wildman–Crippen MR) is 115 cm³/mol. The van der Waals surface area contributed by atoms with E-state index in [-0.39, 0.29) is 5.82 Å². The zero-order chi connectivity index (χ0) is 21.8. The molecular formula is C23H20FN3O4. The fourth-order valence-electron chi connectivity index (χ4n) is 3.11. The van der Waals surface area contributed by atoms with Crippen LogP contribution in [0.5, 0.6) is 28.7 Å². The first-order valence-electron chi connectivity index (χ1n) is 9.36. The van der Waals surface area contributed by atoms with E-state index in [0.717, 1.165) is 11.1 Å². The van der Waals surface area contributed by atoms with Crippen LogP contribution < -0.4 is 24.3 Å². The van der Waals surface area contributed by atoms with E-state index in [1.165, 1.54) is 25.6 Å². The van der Waals surface area contributed by atoms with Crippen LogP contribution >= 0.6 is 0 Å². The van der Waals surface area contributed by atoms with Gasteiger partial charge in [0.25, 0.3) is 0 Å². The van der Waals surface area contributed by atoms with Crippen molar-refractivity contribution in [3.8, 4) is 28.7 Å². The number of hydrogen-bond acceptors (Lipinski definition) is 7. The van der Waals surface area contributed by atoms with Gasteiger partial charge < -0.3 is 24.3 Å². The van der Waals surface area contributed by atoms with E-state index in [4.69, 9.17) is 18.9 Å². The van der Waals surface area contributed by atoms with Crippen LogP contribution in [0.1, 0.15) is 0 Å². The predicted octanol–water partition coefficient (Wildman–Crippen LogP) is 5.33. The van der Waals surface area contributed by atoms with Crippen molar-refractivity contribution in [3.63, 3.8) is 0 Å². The molecule has 3 aromatic carbocycles. The Kier molecular flexibility index (Phi) is 5.70. The van der Waals surface area contributed by atoms with E-state index in [1.54, 1.807) is 44.6 Å². The molecule has 4 rings (SSSR count). The largest absolute Gasteiger partial charge is 0.493 e. The van der Waals surface area contributed by atoms with Crippen molar-refractivity contribution in [3.05, 3.63) is 66.7 Å². The van der Waals surface area contributed by atoms with Crippen molar-refractivity contribution >= 4 is 22.4 Å². The number of anilines is 2. The highest BCUT2D eigenvalue weighted by Crippen LogP contribution is 2.37. The molecule has 0 fully saturated rings. The van der Waals surface area contributed by atoms with Crippen molar-refractivity contribution in [2.45, 2.75) is 0 Å². The van der Waals surface area contributed by atoms with Gasteiger partial charge in [0.1, 0.15) is 23.7 Å². The lowest BCUT2D eigenvalue weighted by molar-refractivity contribution is 0.356. The van der Waals surface area contributed by atoms with E-state index in [2.05, 4.69) is 15.3 Å². The van der Waals surface area contributed by atoms with E-state index in [1.807, 2.05) is 12.1 Å². The molecule has 4 aromatic rings. The Labute approximate surface area is 178 Å². The number of benzene rings is 3. The normalized spacial score (nSPS) is 10.6. The van der Waals surface area contributed by atoms with Crippen molar-refractivity contribution in [2.75, 3.05) is 26.6 Å². The van der Waals surface area contributed by atoms with Crippen LogP contribution in [0, 0.1) is 5.82 Å². The van der Waals surface area contributed by atoms with E-state index in [0.29, 0.717) is 40.1 Å². The molecule has 0 atom stereocenters. The standard InChI is InChI=1S/C23H20FN3O4/c1-28-20-10-15(7-8-19(20)31-16-6-4-5-14(24)9-16)27-23-17-11-21(29-2)22(30-3)12-18(17)25-13-26-23/h4-13H,1-3H3,(H,25,26,27). The Bertz CT molecular complexity index is 1230. The van der Waals surface area contributed by atoms with Crippen molar-refractivity contribution in [1.82, 2.24) is 9.97 Å². The van der Waals surface area contributed by atoms with Crippen LogP contribution in [-0.2, 0) is 0 Å². The SMILES string of the molecule is COc1cc2ncnc(Nc3ccc(Oc4cccc(F)c4)c(OC)c3)c2cc1OC. The fraction of sp³-hybridized carbons (Fsp3) is 0.130. The summed E-state index contributed by atoms with van der Waals surface area (Å²) < 4.78 is 35.4. The van der Waals surface area contributed by atoms with Crippen molar-refractivity contribution in [2.24, 2.45) is 0 Å². The van der Waals surface area contributed by atoms with Gasteiger partial charge in [0, 0.05) is 29.3 Å². The Balaban J connectivity index is 1.66. The third kappa shape index (κ3) is 4.28. The first-order chi connectivity index (χ1) is 15.1. The van der Waals surface area contributed by atoms with Gasteiger partial charge >= 0.3 is 0 Å². The molecule has 0 spiro atoms. The molecule has 0 aliphatic rings. The summed E-state index contributed by atoms with van der Waals surface area (Å²) in [7, 11) is 4.68. The Morgan fingerprint density at radius 1 is 0.774 bits per heavy atom. The highest BCUT2D eigenvalue weighted by Gasteiger charge is 2.13. The number of halogens is 1. The van der Waals surface area contributed by atoms with Gasteiger partial charge in [-0.2, -0.15) is 0 Å². The first kappa shape index (κ1) is 20.2. The maximum Gasteiger partial charge on any atom is 0.169 e. The lowest BCUT2D eigenvalue weighted by Gasteiger charge is -2.14. The van der Waals surface area contributed by atoms with Crippen molar-refractivity contribution < 1.29 is 23.3 Å². The van der Waals surface area contributed by atoms with Gasteiger partial charge in [0.2, 0.25) is 0 Å². The quantitative estimate of drug-likeness (QED) is 0.432. The second-order valence-corrected chi connectivity index (χ2v) is 6.50. The summed E-state index contributed by atoms with van der Waals surface area (Å²) in [4.78, 5) is 8.66. The first-order valence-corrected chi connectivity index (χ1v) is 9.36. The van der Waals surface area contributed by atoms with Gasteiger partial charge in [0.15, 0.2) is 23.0 Å². The molecule has 0 amide bonds. The molecule has 1 aromatic heterocycles. The van der Waals surface area contributed by atoms with Crippen LogP contribution in [0.4, 0.5) is 15.9 Å². The number of fused-ring (bicyclic) bond motifs is 1. The van der Waals surface area contributed by atoms with Gasteiger partial charge in [-0.05, 0) is 30.3 Å². The lowest BCUT2D eigenvalue weighted by Crippen LogP contribution is -1.99. The molecule has 0 radical (unpaired) electrons. The highest BCUT2D eigenvalue weighted by molar-refractivity contribution is 5.93. The minimum absolute atomic E-state index is 0.377. The van der Waals surface area contributed by atoms with Crippen molar-refractivity contribution in [1.29, 1.82) is 0 Å². The smallest absolute Gasteiger partial charge is 0.169 e. The number of aromatic nitrogens is 2. The number of rotatable bonds is 7. The third-order valence-corrected chi connectivity index (χ3v) is 4.59. The second-order valence-electron chi connectivity index (χ2n) is 6.50. The van der Waals surface area contributed by atoms with Crippen LogP contribution in [-0.4, -0.2) is 31.3 Å². The van der Waals surface area contributed by atoms with E-state index in [9.17, 15) is 4.39 Å². The fourth-order valence-corrected chi connectivity index (χ4v) is 3.11. The molecule has 31 heavy (non-hydrogen) atoms. The molecule has 1 heterocycles. The average molecular weight is 421 g/mol. The molecule has 1 N–H and O–H groups in total. The number of hydrogen-bond donors (Lipinski definition) is 1. The molecule has 0 saturated heterocycles. The summed E-state index contributed by atoms with van der Waals surface area (Å²) in [6, 6.07) is 14.8. The maximum absolute atomic E-state index is 13.4. The van der Waals surface area contributed by atoms with Gasteiger partial charge in [-0.1, -0.05) is 6.07 Å². The van der Waals surface area contributed by atoms with Gasteiger partial charge in [-0.15, -0.1) is 0 Å². The summed E-state index contributed by atoms with van der Waals surface area (Å²) >= 11 is 0. The Hall–Kier alpha value is -4.07. The minimum atomic E-state index is -0.377. The monoisotopic (exact) mass is 421 g/mol. The Morgan fingerprint density at radius 3 is 2.26 bits per heavy atom. The Morgan fingerprint density at radius 2 is 1.52 bits per heavy atom. The molecule has 7 nitrogen and oxygen atoms in total. The van der Waals surface area contributed by atoms with Gasteiger partial charge in [0.05, 0.1) is 26.8 Å². The number of methoxy groups -OCH3 is 3. The second kappa shape index (κ2) is 8.74. The van der Waals surface area contributed by atoms with Crippen LogP contribution in [0.3, 0.4) is 0 Å². The average Bonchev–Trinajstić information content (AvgIpc) is 2.79. The molecule has 0 saturated carbocycles. The molecular weight excluding hydrogens is 401 g/mol. The molecule has 8 heteroatoms. The number of nitrogens with zero attached hydrogens (tertiary/aromatic N) is 2. The van der Waals surface area contributed by atoms with Crippen LogP contribution in [0.2, 0.25) is 0 Å². The topological polar surface area (TPSA) is 74.7 Å². The summed E-state index contributed by atoms with van der Waals surface area (Å²) in [6.45, 7) is 0. The molecule has 0 aliphatic heterocycles. The third-order valence-electron chi connectivity index (χ3n) is 4.59. The minimum Gasteiger partial charge on any atom is -0.493 e. The summed E-state index contributed by atoms with van der Waals surface area (Å²) in [6.07, 6.45) is 1.47. The summed E-state index contributed by atoms with van der Waals surface area (Å²) in [5.41, 5.74) is 1.42. The molecule has 0 unspecified atom stereocenters. The van der Waals surface area contributed by atoms with E-state index >= 15 is 0 Å². The van der Waals surface area contributed by atoms with E-state index < -0.39 is 0 Å². The molecule has 0 aliphatic carbocycles. The number of nitrogens with one attached hydrogen (secondary N) is 1. The zero-order valence-corrected chi connectivity index (χ0v) is 17.2. The molecule has 158 valence electrons. The van der Waals surface area contributed by atoms with Gasteiger partial charge in [-0.25, -0.2) is 14.4 Å². The maximum atomic E-state index is 13.4. The van der Waals surface area contributed by atoms with Crippen LogP contribution in [0.25, 0.3) is 10.9 Å². The summed E-state index contributed by atoms with van der Waals surface area (Å²) in [5.74, 6) is 2.68. The summed E-state index contributed by atoms with van der Waals surface area (Å²) in [5, 5.41) is 4.03. The zero-order valence-electron chi connectivity index (χ0n) is 17.2. The van der Waals surface area contributed by atoms with Crippen LogP contribution in [0.15, 0.2) is 60.9 Å².